The van der Waals surface area contributed by atoms with E-state index in [2.05, 4.69) is 142 Å². The fourth-order valence-corrected chi connectivity index (χ4v) is 7.92. The van der Waals surface area contributed by atoms with Crippen LogP contribution in [-0.2, 0) is 28.6 Å². The Balaban J connectivity index is 4.51. The van der Waals surface area contributed by atoms with E-state index < -0.39 is 6.10 Å². The van der Waals surface area contributed by atoms with Crippen molar-refractivity contribution < 1.29 is 28.6 Å². The van der Waals surface area contributed by atoms with Crippen molar-refractivity contribution in [3.63, 3.8) is 0 Å². The zero-order valence-electron chi connectivity index (χ0n) is 47.4. The molecular weight excluding hydrogens is 901 g/mol. The van der Waals surface area contributed by atoms with Crippen molar-refractivity contribution in [2.45, 2.75) is 271 Å². The molecule has 0 aliphatic rings. The van der Waals surface area contributed by atoms with E-state index in [0.717, 1.165) is 135 Å². The Hall–Kier alpha value is -4.19. The van der Waals surface area contributed by atoms with Crippen LogP contribution in [0.4, 0.5) is 0 Å². The van der Waals surface area contributed by atoms with Crippen LogP contribution in [0, 0.1) is 0 Å². The summed E-state index contributed by atoms with van der Waals surface area (Å²) in [5.41, 5.74) is 0. The molecule has 0 amide bonds. The number of carbonyl (C=O) groups excluding carboxylic acids is 3. The van der Waals surface area contributed by atoms with Gasteiger partial charge in [-0.15, -0.1) is 0 Å². The fourth-order valence-electron chi connectivity index (χ4n) is 7.92. The molecule has 0 rings (SSSR count). The predicted octanol–water partition coefficient (Wildman–Crippen LogP) is 20.4. The Morgan fingerprint density at radius 3 is 0.849 bits per heavy atom. The third kappa shape index (κ3) is 58.6. The number of hydrogen-bond acceptors (Lipinski definition) is 6. The summed E-state index contributed by atoms with van der Waals surface area (Å²) in [6.07, 6.45) is 83.2. The minimum Gasteiger partial charge on any atom is -0.462 e. The lowest BCUT2D eigenvalue weighted by Gasteiger charge is -2.18. The van der Waals surface area contributed by atoms with E-state index in [1.165, 1.54) is 89.9 Å². The predicted molar refractivity (Wildman–Crippen MR) is 316 cm³/mol. The molecule has 0 aromatic heterocycles. The summed E-state index contributed by atoms with van der Waals surface area (Å²) in [4.78, 5) is 38.3. The maximum absolute atomic E-state index is 12.9. The average Bonchev–Trinajstić information content (AvgIpc) is 3.39. The third-order valence-electron chi connectivity index (χ3n) is 12.4. The second kappa shape index (κ2) is 60.4. The Labute approximate surface area is 450 Å². The van der Waals surface area contributed by atoms with Crippen molar-refractivity contribution >= 4 is 17.9 Å². The number of carbonyl (C=O) groups is 3. The van der Waals surface area contributed by atoms with Crippen LogP contribution in [-0.4, -0.2) is 37.2 Å². The van der Waals surface area contributed by atoms with Crippen LogP contribution < -0.4 is 0 Å². The van der Waals surface area contributed by atoms with Crippen molar-refractivity contribution in [3.8, 4) is 0 Å². The van der Waals surface area contributed by atoms with Gasteiger partial charge in [-0.25, -0.2) is 0 Å². The molecule has 1 unspecified atom stereocenters. The highest BCUT2D eigenvalue weighted by Gasteiger charge is 2.19. The number of rotatable bonds is 53. The van der Waals surface area contributed by atoms with Crippen LogP contribution in [0.3, 0.4) is 0 Å². The molecule has 0 aliphatic heterocycles. The van der Waals surface area contributed by atoms with E-state index in [0.29, 0.717) is 19.3 Å². The molecule has 0 fully saturated rings. The summed E-state index contributed by atoms with van der Waals surface area (Å²) < 4.78 is 16.9. The van der Waals surface area contributed by atoms with Gasteiger partial charge in [-0.1, -0.05) is 232 Å². The standard InChI is InChI=1S/C67H110O6/c1-4-7-10-13-16-19-22-25-28-31-33-36-39-42-45-48-51-54-57-60-66(69)72-63-64(62-71-65(68)59-56-53-50-47-44-41-38-35-30-27-24-21-18-15-12-9-6-3)73-67(70)61-58-55-52-49-46-43-40-37-34-32-29-26-23-20-17-14-11-8-5-2/h7,10,16-21,25-30,33-34,36-37,42,45,64H,4-6,8-9,11-15,22-24,31-32,35,38-41,43-44,46-63H2,1-3H3/b10-7-,19-16-,20-17-,21-18-,28-25-,29-26-,30-27-,36-33-,37-34-,45-42-. The minimum absolute atomic E-state index is 0.101. The van der Waals surface area contributed by atoms with Crippen molar-refractivity contribution in [3.05, 3.63) is 122 Å². The monoisotopic (exact) mass is 1010 g/mol. The number of allylic oxidation sites excluding steroid dienone is 20. The van der Waals surface area contributed by atoms with Gasteiger partial charge in [0.25, 0.3) is 0 Å². The summed E-state index contributed by atoms with van der Waals surface area (Å²) in [6, 6.07) is 0. The van der Waals surface area contributed by atoms with Gasteiger partial charge >= 0.3 is 17.9 Å². The summed E-state index contributed by atoms with van der Waals surface area (Å²) in [5.74, 6) is -0.953. The molecule has 73 heavy (non-hydrogen) atoms. The molecule has 0 aliphatic carbocycles. The largest absolute Gasteiger partial charge is 0.462 e. The molecule has 0 N–H and O–H groups in total. The first-order chi connectivity index (χ1) is 36.0. The zero-order chi connectivity index (χ0) is 52.9. The minimum atomic E-state index is -0.807. The maximum Gasteiger partial charge on any atom is 0.306 e. The van der Waals surface area contributed by atoms with Gasteiger partial charge in [0.05, 0.1) is 0 Å². The molecule has 6 nitrogen and oxygen atoms in total. The Bertz CT molecular complexity index is 1540. The maximum atomic E-state index is 12.9. The molecule has 6 heteroatoms. The van der Waals surface area contributed by atoms with Gasteiger partial charge in [-0.05, 0) is 135 Å². The zero-order valence-corrected chi connectivity index (χ0v) is 47.4. The fraction of sp³-hybridized carbons (Fsp3) is 0.657. The highest BCUT2D eigenvalue weighted by Crippen LogP contribution is 2.14. The van der Waals surface area contributed by atoms with Gasteiger partial charge in [-0.3, -0.25) is 14.4 Å². The Kier molecular flexibility index (Phi) is 56.9. The molecule has 0 spiro atoms. The quantitative estimate of drug-likeness (QED) is 0.0261. The normalized spacial score (nSPS) is 13.0. The third-order valence-corrected chi connectivity index (χ3v) is 12.4. The molecule has 0 saturated carbocycles. The first-order valence-corrected chi connectivity index (χ1v) is 30.0. The SMILES string of the molecule is CC/C=C\C/C=C\C/C=C\C/C=C\C/C=C\CCCCCC(=O)OCC(COC(=O)CCCCCCCCC/C=C\C/C=C\CCCCC)OC(=O)CCCCCCCC/C=C\C/C=C\C/C=C\CCCCC. The van der Waals surface area contributed by atoms with E-state index in [-0.39, 0.29) is 31.1 Å². The Morgan fingerprint density at radius 2 is 0.534 bits per heavy atom. The van der Waals surface area contributed by atoms with Crippen LogP contribution in [0.5, 0.6) is 0 Å². The summed E-state index contributed by atoms with van der Waals surface area (Å²) in [6.45, 7) is 6.43. The second-order valence-electron chi connectivity index (χ2n) is 19.5. The van der Waals surface area contributed by atoms with Crippen molar-refractivity contribution in [2.24, 2.45) is 0 Å². The molecular formula is C67H110O6. The van der Waals surface area contributed by atoms with Gasteiger partial charge in [0.15, 0.2) is 6.10 Å². The smallest absolute Gasteiger partial charge is 0.306 e. The molecule has 0 aromatic rings. The lowest BCUT2D eigenvalue weighted by atomic mass is 10.1. The van der Waals surface area contributed by atoms with E-state index in [4.69, 9.17) is 14.2 Å². The summed E-state index contributed by atoms with van der Waals surface area (Å²) >= 11 is 0. The van der Waals surface area contributed by atoms with E-state index in [1.807, 2.05) is 0 Å². The van der Waals surface area contributed by atoms with E-state index >= 15 is 0 Å². The lowest BCUT2D eigenvalue weighted by Crippen LogP contribution is -2.30. The number of unbranched alkanes of at least 4 members (excludes halogenated alkanes) is 22. The molecule has 0 bridgehead atoms. The number of hydrogen-bond donors (Lipinski definition) is 0. The van der Waals surface area contributed by atoms with Crippen LogP contribution in [0.1, 0.15) is 265 Å². The number of esters is 3. The Morgan fingerprint density at radius 1 is 0.288 bits per heavy atom. The van der Waals surface area contributed by atoms with Gasteiger partial charge in [-0.2, -0.15) is 0 Å². The highest BCUT2D eigenvalue weighted by molar-refractivity contribution is 5.71. The molecule has 414 valence electrons. The molecule has 1 atom stereocenters. The van der Waals surface area contributed by atoms with Crippen molar-refractivity contribution in [2.75, 3.05) is 13.2 Å². The molecule has 0 heterocycles. The van der Waals surface area contributed by atoms with Crippen molar-refractivity contribution in [1.82, 2.24) is 0 Å². The first kappa shape index (κ1) is 68.8. The van der Waals surface area contributed by atoms with Crippen LogP contribution >= 0.6 is 0 Å². The average molecular weight is 1010 g/mol. The van der Waals surface area contributed by atoms with Crippen LogP contribution in [0.2, 0.25) is 0 Å². The van der Waals surface area contributed by atoms with Crippen LogP contribution in [0.15, 0.2) is 122 Å². The molecule has 0 radical (unpaired) electrons. The summed E-state index contributed by atoms with van der Waals surface area (Å²) in [5, 5.41) is 0. The van der Waals surface area contributed by atoms with Crippen LogP contribution in [0.25, 0.3) is 0 Å². The topological polar surface area (TPSA) is 78.9 Å². The van der Waals surface area contributed by atoms with Crippen molar-refractivity contribution in [1.29, 1.82) is 0 Å². The number of ether oxygens (including phenoxy) is 3. The molecule has 0 aromatic carbocycles. The first-order valence-electron chi connectivity index (χ1n) is 30.0. The highest BCUT2D eigenvalue weighted by atomic mass is 16.6. The lowest BCUT2D eigenvalue weighted by molar-refractivity contribution is -0.167. The molecule has 0 saturated heterocycles. The van der Waals surface area contributed by atoms with Gasteiger partial charge < -0.3 is 14.2 Å². The van der Waals surface area contributed by atoms with E-state index in [9.17, 15) is 14.4 Å². The van der Waals surface area contributed by atoms with E-state index in [1.54, 1.807) is 0 Å². The summed E-state index contributed by atoms with van der Waals surface area (Å²) in [7, 11) is 0. The second-order valence-corrected chi connectivity index (χ2v) is 19.5. The van der Waals surface area contributed by atoms with Gasteiger partial charge in [0.1, 0.15) is 13.2 Å². The van der Waals surface area contributed by atoms with Gasteiger partial charge in [0, 0.05) is 19.3 Å². The van der Waals surface area contributed by atoms with Gasteiger partial charge in [0.2, 0.25) is 0 Å².